The predicted octanol–water partition coefficient (Wildman–Crippen LogP) is 2.08. The van der Waals surface area contributed by atoms with Crippen molar-refractivity contribution < 1.29 is 14.3 Å². The number of amides is 3. The number of nitrogens with zero attached hydrogens (tertiary/aromatic N) is 1. The lowest BCUT2D eigenvalue weighted by Crippen LogP contribution is -2.43. The van der Waals surface area contributed by atoms with Gasteiger partial charge in [0.05, 0.1) is 0 Å². The van der Waals surface area contributed by atoms with Crippen LogP contribution in [0.5, 0.6) is 0 Å². The maximum Gasteiger partial charge on any atom is 0.407 e. The van der Waals surface area contributed by atoms with E-state index in [0.717, 1.165) is 38.8 Å². The van der Waals surface area contributed by atoms with Crippen LogP contribution >= 0.6 is 0 Å². The Labute approximate surface area is 121 Å². The molecule has 3 amide bonds. The Hall–Kier alpha value is -1.46. The van der Waals surface area contributed by atoms with E-state index < -0.39 is 5.60 Å². The topological polar surface area (TPSA) is 84.7 Å². The Kier molecular flexibility index (Phi) is 6.10. The van der Waals surface area contributed by atoms with Crippen molar-refractivity contribution in [3.05, 3.63) is 0 Å². The van der Waals surface area contributed by atoms with Crippen LogP contribution in [0.4, 0.5) is 9.59 Å². The highest BCUT2D eigenvalue weighted by Crippen LogP contribution is 2.20. The lowest BCUT2D eigenvalue weighted by atomic mass is 9.93. The molecule has 1 aliphatic heterocycles. The molecule has 1 fully saturated rings. The van der Waals surface area contributed by atoms with Gasteiger partial charge < -0.3 is 20.7 Å². The fourth-order valence-electron chi connectivity index (χ4n) is 2.40. The van der Waals surface area contributed by atoms with Crippen LogP contribution in [0.1, 0.15) is 46.5 Å². The van der Waals surface area contributed by atoms with Crippen LogP contribution < -0.4 is 11.1 Å². The van der Waals surface area contributed by atoms with Gasteiger partial charge in [0.2, 0.25) is 0 Å². The Morgan fingerprint density at radius 2 is 2.10 bits per heavy atom. The number of nitrogens with two attached hydrogens (primary N) is 1. The molecule has 0 aromatic heterocycles. The van der Waals surface area contributed by atoms with E-state index in [1.54, 1.807) is 4.90 Å². The molecule has 6 nitrogen and oxygen atoms in total. The van der Waals surface area contributed by atoms with Crippen LogP contribution in [0.25, 0.3) is 0 Å². The minimum absolute atomic E-state index is 0.332. The average Bonchev–Trinajstić information content (AvgIpc) is 2.33. The minimum Gasteiger partial charge on any atom is -0.444 e. The molecule has 0 radical (unpaired) electrons. The van der Waals surface area contributed by atoms with Crippen molar-refractivity contribution in [1.29, 1.82) is 0 Å². The van der Waals surface area contributed by atoms with Gasteiger partial charge in [0.1, 0.15) is 5.60 Å². The second-order valence-corrected chi connectivity index (χ2v) is 6.36. The smallest absolute Gasteiger partial charge is 0.407 e. The van der Waals surface area contributed by atoms with E-state index in [4.69, 9.17) is 10.5 Å². The zero-order chi connectivity index (χ0) is 15.2. The van der Waals surface area contributed by atoms with Crippen molar-refractivity contribution in [1.82, 2.24) is 10.2 Å². The fraction of sp³-hybridized carbons (Fsp3) is 0.857. The Morgan fingerprint density at radius 1 is 1.40 bits per heavy atom. The highest BCUT2D eigenvalue weighted by molar-refractivity contribution is 5.72. The molecule has 116 valence electrons. The maximum absolute atomic E-state index is 11.4. The summed E-state index contributed by atoms with van der Waals surface area (Å²) in [5.41, 5.74) is 4.83. The molecule has 1 rings (SSSR count). The Balaban J connectivity index is 2.15. The summed E-state index contributed by atoms with van der Waals surface area (Å²) >= 11 is 0. The fourth-order valence-corrected chi connectivity index (χ4v) is 2.40. The molecule has 20 heavy (non-hydrogen) atoms. The second kappa shape index (κ2) is 7.36. The highest BCUT2D eigenvalue weighted by atomic mass is 16.6. The van der Waals surface area contributed by atoms with E-state index in [9.17, 15) is 9.59 Å². The first-order valence-corrected chi connectivity index (χ1v) is 7.29. The Bertz CT molecular complexity index is 339. The summed E-state index contributed by atoms with van der Waals surface area (Å²) in [6.45, 7) is 7.62. The number of urea groups is 1. The van der Waals surface area contributed by atoms with Crippen LogP contribution in [0, 0.1) is 5.92 Å². The van der Waals surface area contributed by atoms with Crippen molar-refractivity contribution in [2.45, 2.75) is 52.1 Å². The highest BCUT2D eigenvalue weighted by Gasteiger charge is 2.21. The van der Waals surface area contributed by atoms with Crippen LogP contribution in [-0.2, 0) is 4.74 Å². The predicted molar refractivity (Wildman–Crippen MR) is 77.4 cm³/mol. The van der Waals surface area contributed by atoms with Crippen molar-refractivity contribution in [2.24, 2.45) is 11.7 Å². The number of alkyl carbamates (subject to hydrolysis) is 1. The van der Waals surface area contributed by atoms with E-state index in [1.165, 1.54) is 0 Å². The minimum atomic E-state index is -0.463. The quantitative estimate of drug-likeness (QED) is 0.776. The monoisotopic (exact) mass is 285 g/mol. The molecule has 1 heterocycles. The van der Waals surface area contributed by atoms with E-state index in [2.05, 4.69) is 5.32 Å². The van der Waals surface area contributed by atoms with Gasteiger partial charge in [-0.1, -0.05) is 0 Å². The van der Waals surface area contributed by atoms with Crippen LogP contribution in [0.3, 0.4) is 0 Å². The number of rotatable bonds is 4. The van der Waals surface area contributed by atoms with Crippen LogP contribution in [0.15, 0.2) is 0 Å². The van der Waals surface area contributed by atoms with Gasteiger partial charge in [0.15, 0.2) is 0 Å². The standard InChI is InChI=1S/C14H27N3O3/c1-14(2,3)20-13(19)16-8-4-6-11-7-5-9-17(10-11)12(15)18/h11H,4-10H2,1-3H3,(H2,15,18)(H,16,19). The summed E-state index contributed by atoms with van der Waals surface area (Å²) in [5, 5.41) is 2.75. The molecule has 1 unspecified atom stereocenters. The van der Waals surface area contributed by atoms with Crippen LogP contribution in [-0.4, -0.2) is 42.3 Å². The first-order chi connectivity index (χ1) is 9.28. The molecule has 0 spiro atoms. The molecule has 6 heteroatoms. The van der Waals surface area contributed by atoms with Gasteiger partial charge >= 0.3 is 12.1 Å². The number of carbonyl (C=O) groups is 2. The third kappa shape index (κ3) is 6.63. The first-order valence-electron chi connectivity index (χ1n) is 7.29. The van der Waals surface area contributed by atoms with E-state index in [1.807, 2.05) is 20.8 Å². The Morgan fingerprint density at radius 3 is 2.70 bits per heavy atom. The molecule has 0 aromatic carbocycles. The van der Waals surface area contributed by atoms with Crippen molar-refractivity contribution in [3.8, 4) is 0 Å². The number of likely N-dealkylation sites (tertiary alicyclic amines) is 1. The summed E-state index contributed by atoms with van der Waals surface area (Å²) in [7, 11) is 0. The molecule has 0 saturated carbocycles. The largest absolute Gasteiger partial charge is 0.444 e. The molecule has 0 bridgehead atoms. The molecule has 0 aliphatic carbocycles. The van der Waals surface area contributed by atoms with Crippen molar-refractivity contribution >= 4 is 12.1 Å². The first kappa shape index (κ1) is 16.6. The second-order valence-electron chi connectivity index (χ2n) is 6.36. The zero-order valence-electron chi connectivity index (χ0n) is 12.8. The molecule has 3 N–H and O–H groups in total. The van der Waals surface area contributed by atoms with Gasteiger partial charge in [-0.15, -0.1) is 0 Å². The summed E-state index contributed by atoms with van der Waals surface area (Å²) < 4.78 is 5.16. The number of piperidine rings is 1. The van der Waals surface area contributed by atoms with E-state index >= 15 is 0 Å². The van der Waals surface area contributed by atoms with E-state index in [0.29, 0.717) is 12.5 Å². The lowest BCUT2D eigenvalue weighted by molar-refractivity contribution is 0.0526. The summed E-state index contributed by atoms with van der Waals surface area (Å²) in [5.74, 6) is 0.483. The van der Waals surface area contributed by atoms with Gasteiger partial charge in [0, 0.05) is 19.6 Å². The normalized spacial score (nSPS) is 19.6. The van der Waals surface area contributed by atoms with Gasteiger partial charge in [-0.05, 0) is 52.4 Å². The van der Waals surface area contributed by atoms with Crippen molar-refractivity contribution in [2.75, 3.05) is 19.6 Å². The SMILES string of the molecule is CC(C)(C)OC(=O)NCCCC1CCCN(C(N)=O)C1. The lowest BCUT2D eigenvalue weighted by Gasteiger charge is -2.31. The number of nitrogens with one attached hydrogen (secondary N) is 1. The molecular weight excluding hydrogens is 258 g/mol. The van der Waals surface area contributed by atoms with Gasteiger partial charge in [-0.3, -0.25) is 0 Å². The van der Waals surface area contributed by atoms with Gasteiger partial charge in [-0.2, -0.15) is 0 Å². The summed E-state index contributed by atoms with van der Waals surface area (Å²) in [6, 6.07) is -0.332. The number of hydrogen-bond acceptors (Lipinski definition) is 3. The third-order valence-corrected chi connectivity index (χ3v) is 3.29. The van der Waals surface area contributed by atoms with Gasteiger partial charge in [-0.25, -0.2) is 9.59 Å². The van der Waals surface area contributed by atoms with E-state index in [-0.39, 0.29) is 12.1 Å². The molecule has 1 atom stereocenters. The van der Waals surface area contributed by atoms with Crippen LogP contribution in [0.2, 0.25) is 0 Å². The number of hydrogen-bond donors (Lipinski definition) is 2. The number of primary amides is 1. The van der Waals surface area contributed by atoms with Crippen molar-refractivity contribution in [3.63, 3.8) is 0 Å². The number of carbonyl (C=O) groups excluding carboxylic acids is 2. The average molecular weight is 285 g/mol. The van der Waals surface area contributed by atoms with Gasteiger partial charge in [0.25, 0.3) is 0 Å². The summed E-state index contributed by atoms with van der Waals surface area (Å²) in [4.78, 5) is 24.3. The molecule has 1 saturated heterocycles. The number of ether oxygens (including phenoxy) is 1. The maximum atomic E-state index is 11.4. The summed E-state index contributed by atoms with van der Waals surface area (Å²) in [6.07, 6.45) is 3.62. The molecule has 1 aliphatic rings. The molecular formula is C14H27N3O3. The zero-order valence-corrected chi connectivity index (χ0v) is 12.8. The molecule has 0 aromatic rings. The third-order valence-electron chi connectivity index (χ3n) is 3.29.